The molecular formula is C16H24N2. The highest BCUT2D eigenvalue weighted by Crippen LogP contribution is 2.27. The van der Waals surface area contributed by atoms with Crippen molar-refractivity contribution in [3.8, 4) is 0 Å². The summed E-state index contributed by atoms with van der Waals surface area (Å²) in [6.07, 6.45) is 6.85. The van der Waals surface area contributed by atoms with Crippen LogP contribution in [-0.2, 0) is 6.42 Å². The summed E-state index contributed by atoms with van der Waals surface area (Å²) in [6, 6.07) is 8.85. The van der Waals surface area contributed by atoms with Gasteiger partial charge in [-0.05, 0) is 56.3 Å². The first-order chi connectivity index (χ1) is 8.93. The highest BCUT2D eigenvalue weighted by atomic mass is 15.1. The van der Waals surface area contributed by atoms with Crippen LogP contribution in [0.2, 0.25) is 0 Å². The summed E-state index contributed by atoms with van der Waals surface area (Å²) in [7, 11) is 0. The highest BCUT2D eigenvalue weighted by molar-refractivity contribution is 5.57. The SMILES string of the molecule is c1ccc2c(c1)CCN2CCCNCC1CCC1. The third-order valence-electron chi connectivity index (χ3n) is 4.42. The standard InChI is InChI=1S/C16H24N2/c1-2-8-16-15(7-1)9-12-18(16)11-4-10-17-13-14-5-3-6-14/h1-2,7-8,14,17H,3-6,9-13H2. The topological polar surface area (TPSA) is 15.3 Å². The molecule has 98 valence electrons. The van der Waals surface area contributed by atoms with Crippen LogP contribution in [0.1, 0.15) is 31.2 Å². The van der Waals surface area contributed by atoms with Crippen molar-refractivity contribution in [3.05, 3.63) is 29.8 Å². The molecule has 1 aliphatic heterocycles. The molecule has 1 aromatic carbocycles. The maximum Gasteiger partial charge on any atom is 0.0399 e. The zero-order valence-corrected chi connectivity index (χ0v) is 11.2. The number of benzene rings is 1. The second-order valence-electron chi connectivity index (χ2n) is 5.72. The third-order valence-corrected chi connectivity index (χ3v) is 4.42. The molecule has 0 atom stereocenters. The van der Waals surface area contributed by atoms with Gasteiger partial charge in [-0.15, -0.1) is 0 Å². The van der Waals surface area contributed by atoms with Crippen molar-refractivity contribution >= 4 is 5.69 Å². The van der Waals surface area contributed by atoms with Crippen LogP contribution in [-0.4, -0.2) is 26.2 Å². The van der Waals surface area contributed by atoms with Crippen LogP contribution in [0.4, 0.5) is 5.69 Å². The van der Waals surface area contributed by atoms with E-state index in [2.05, 4.69) is 34.5 Å². The van der Waals surface area contributed by atoms with Crippen LogP contribution in [0.3, 0.4) is 0 Å². The molecule has 0 unspecified atom stereocenters. The van der Waals surface area contributed by atoms with E-state index in [1.54, 1.807) is 0 Å². The van der Waals surface area contributed by atoms with Gasteiger partial charge in [0.15, 0.2) is 0 Å². The van der Waals surface area contributed by atoms with E-state index in [1.165, 1.54) is 69.5 Å². The zero-order chi connectivity index (χ0) is 12.2. The summed E-state index contributed by atoms with van der Waals surface area (Å²) in [5.74, 6) is 0.984. The molecule has 1 aliphatic carbocycles. The molecule has 1 fully saturated rings. The van der Waals surface area contributed by atoms with Crippen LogP contribution in [0.25, 0.3) is 0 Å². The van der Waals surface area contributed by atoms with Gasteiger partial charge in [0.05, 0.1) is 0 Å². The molecule has 3 rings (SSSR count). The summed E-state index contributed by atoms with van der Waals surface area (Å²) in [5, 5.41) is 3.61. The average molecular weight is 244 g/mol. The van der Waals surface area contributed by atoms with Gasteiger partial charge < -0.3 is 10.2 Å². The first kappa shape index (κ1) is 12.0. The van der Waals surface area contributed by atoms with Gasteiger partial charge >= 0.3 is 0 Å². The van der Waals surface area contributed by atoms with Crippen LogP contribution in [0.15, 0.2) is 24.3 Å². The van der Waals surface area contributed by atoms with Crippen LogP contribution in [0, 0.1) is 5.92 Å². The number of nitrogens with one attached hydrogen (secondary N) is 1. The van der Waals surface area contributed by atoms with Crippen molar-refractivity contribution in [2.75, 3.05) is 31.1 Å². The number of hydrogen-bond acceptors (Lipinski definition) is 2. The Morgan fingerprint density at radius 3 is 2.94 bits per heavy atom. The van der Waals surface area contributed by atoms with Gasteiger partial charge in [-0.25, -0.2) is 0 Å². The first-order valence-electron chi connectivity index (χ1n) is 7.47. The van der Waals surface area contributed by atoms with E-state index < -0.39 is 0 Å². The number of para-hydroxylation sites is 1. The van der Waals surface area contributed by atoms with Crippen molar-refractivity contribution in [2.45, 2.75) is 32.1 Å². The molecule has 18 heavy (non-hydrogen) atoms. The first-order valence-corrected chi connectivity index (χ1v) is 7.47. The summed E-state index contributed by atoms with van der Waals surface area (Å²) >= 11 is 0. The van der Waals surface area contributed by atoms with E-state index in [1.807, 2.05) is 0 Å². The predicted molar refractivity (Wildman–Crippen MR) is 77.2 cm³/mol. The minimum absolute atomic E-state index is 0.984. The molecule has 0 bridgehead atoms. The van der Waals surface area contributed by atoms with E-state index in [4.69, 9.17) is 0 Å². The van der Waals surface area contributed by atoms with E-state index in [0.717, 1.165) is 5.92 Å². The highest BCUT2D eigenvalue weighted by Gasteiger charge is 2.18. The summed E-state index contributed by atoms with van der Waals surface area (Å²) in [5.41, 5.74) is 3.00. The number of fused-ring (bicyclic) bond motifs is 1. The van der Waals surface area contributed by atoms with Crippen LogP contribution >= 0.6 is 0 Å². The summed E-state index contributed by atoms with van der Waals surface area (Å²) in [4.78, 5) is 2.54. The van der Waals surface area contributed by atoms with E-state index in [9.17, 15) is 0 Å². The summed E-state index contributed by atoms with van der Waals surface area (Å²) < 4.78 is 0. The fourth-order valence-electron chi connectivity index (χ4n) is 3.04. The molecule has 0 aromatic heterocycles. The Morgan fingerprint density at radius 2 is 2.11 bits per heavy atom. The zero-order valence-electron chi connectivity index (χ0n) is 11.2. The van der Waals surface area contributed by atoms with E-state index in [0.29, 0.717) is 0 Å². The number of hydrogen-bond donors (Lipinski definition) is 1. The van der Waals surface area contributed by atoms with E-state index >= 15 is 0 Å². The molecule has 0 saturated heterocycles. The Hall–Kier alpha value is -1.02. The third kappa shape index (κ3) is 2.69. The maximum atomic E-state index is 3.61. The molecule has 0 radical (unpaired) electrons. The van der Waals surface area contributed by atoms with Gasteiger partial charge in [-0.1, -0.05) is 24.6 Å². The Labute approximate surface area is 110 Å². The van der Waals surface area contributed by atoms with Gasteiger partial charge in [-0.3, -0.25) is 0 Å². The lowest BCUT2D eigenvalue weighted by Crippen LogP contribution is -2.30. The van der Waals surface area contributed by atoms with E-state index in [-0.39, 0.29) is 0 Å². The Kier molecular flexibility index (Phi) is 3.84. The lowest BCUT2D eigenvalue weighted by Gasteiger charge is -2.26. The number of rotatable bonds is 6. The summed E-state index contributed by atoms with van der Waals surface area (Å²) in [6.45, 7) is 4.84. The maximum absolute atomic E-state index is 3.61. The quantitative estimate of drug-likeness (QED) is 0.774. The molecule has 2 heteroatoms. The monoisotopic (exact) mass is 244 g/mol. The molecule has 2 aliphatic rings. The largest absolute Gasteiger partial charge is 0.371 e. The van der Waals surface area contributed by atoms with Crippen LogP contribution < -0.4 is 10.2 Å². The molecule has 0 spiro atoms. The molecule has 0 amide bonds. The molecule has 1 saturated carbocycles. The lowest BCUT2D eigenvalue weighted by atomic mass is 9.85. The minimum atomic E-state index is 0.984. The normalized spacial score (nSPS) is 18.8. The second kappa shape index (κ2) is 5.75. The van der Waals surface area contributed by atoms with Crippen molar-refractivity contribution in [2.24, 2.45) is 5.92 Å². The Balaban J connectivity index is 1.36. The smallest absolute Gasteiger partial charge is 0.0399 e. The van der Waals surface area contributed by atoms with Gasteiger partial charge in [0.25, 0.3) is 0 Å². The van der Waals surface area contributed by atoms with Crippen molar-refractivity contribution in [1.82, 2.24) is 5.32 Å². The molecule has 1 aromatic rings. The van der Waals surface area contributed by atoms with Gasteiger partial charge in [0, 0.05) is 18.8 Å². The van der Waals surface area contributed by atoms with Gasteiger partial charge in [-0.2, -0.15) is 0 Å². The average Bonchev–Trinajstić information content (AvgIpc) is 2.75. The molecule has 1 N–H and O–H groups in total. The fourth-order valence-corrected chi connectivity index (χ4v) is 3.04. The molecule has 2 nitrogen and oxygen atoms in total. The number of anilines is 1. The molecule has 1 heterocycles. The molecular weight excluding hydrogens is 220 g/mol. The Bertz CT molecular complexity index is 384. The van der Waals surface area contributed by atoms with Crippen molar-refractivity contribution < 1.29 is 0 Å². The second-order valence-corrected chi connectivity index (χ2v) is 5.72. The van der Waals surface area contributed by atoms with Crippen LogP contribution in [0.5, 0.6) is 0 Å². The Morgan fingerprint density at radius 1 is 1.22 bits per heavy atom. The van der Waals surface area contributed by atoms with Gasteiger partial charge in [0.1, 0.15) is 0 Å². The number of nitrogens with zero attached hydrogens (tertiary/aromatic N) is 1. The van der Waals surface area contributed by atoms with Crippen molar-refractivity contribution in [3.63, 3.8) is 0 Å². The minimum Gasteiger partial charge on any atom is -0.371 e. The van der Waals surface area contributed by atoms with Gasteiger partial charge in [0.2, 0.25) is 0 Å². The fraction of sp³-hybridized carbons (Fsp3) is 0.625. The van der Waals surface area contributed by atoms with Crippen molar-refractivity contribution in [1.29, 1.82) is 0 Å². The lowest BCUT2D eigenvalue weighted by molar-refractivity contribution is 0.302. The predicted octanol–water partition coefficient (Wildman–Crippen LogP) is 2.83.